The Balaban J connectivity index is 0.790. The Hall–Kier alpha value is -5.49. The van der Waals surface area contributed by atoms with E-state index in [4.69, 9.17) is 4.74 Å². The average Bonchev–Trinajstić information content (AvgIpc) is 3.74. The highest BCUT2D eigenvalue weighted by molar-refractivity contribution is 6.04. The van der Waals surface area contributed by atoms with Gasteiger partial charge in [0.1, 0.15) is 17.4 Å². The lowest BCUT2D eigenvalue weighted by atomic mass is 9.78. The number of likely N-dealkylation sites (N-methyl/N-ethyl adjacent to an activating group) is 1. The van der Waals surface area contributed by atoms with Gasteiger partial charge in [0.25, 0.3) is 12.3 Å². The lowest BCUT2D eigenvalue weighted by molar-refractivity contribution is -0.141. The van der Waals surface area contributed by atoms with Crippen LogP contribution in [-0.4, -0.2) is 79.4 Å². The monoisotopic (exact) mass is 850 g/mol. The van der Waals surface area contributed by atoms with Crippen molar-refractivity contribution in [3.63, 3.8) is 0 Å². The van der Waals surface area contributed by atoms with Gasteiger partial charge in [-0.15, -0.1) is 0 Å². The van der Waals surface area contributed by atoms with Crippen molar-refractivity contribution in [2.24, 2.45) is 18.9 Å². The van der Waals surface area contributed by atoms with Crippen LogP contribution < -0.4 is 16.3 Å². The van der Waals surface area contributed by atoms with Crippen molar-refractivity contribution in [2.45, 2.75) is 88.6 Å². The lowest BCUT2D eigenvalue weighted by Gasteiger charge is -2.36. The number of anilines is 1. The molecule has 8 rings (SSSR count). The summed E-state index contributed by atoms with van der Waals surface area (Å²) in [5.41, 5.74) is 0.101. The molecule has 2 saturated carbocycles. The van der Waals surface area contributed by atoms with Crippen LogP contribution in [-0.2, 0) is 34.0 Å². The molecule has 3 aromatic heterocycles. The Morgan fingerprint density at radius 2 is 1.77 bits per heavy atom. The van der Waals surface area contributed by atoms with Crippen molar-refractivity contribution >= 4 is 45.3 Å². The number of amides is 3. The predicted molar refractivity (Wildman–Crippen MR) is 215 cm³/mol. The first-order valence-corrected chi connectivity index (χ1v) is 20.6. The molecule has 2 N–H and O–H groups in total. The SMILES string of the molecule is CN(CCO[C@H]1C[C@H](Cc2cccc3c2n(C)c(=O)n3C2CCC(=O)NC2=O)C1)C[C@H]1CC[C@H](n2cc3cc(NC(=O)c4cccc(C(F)(F)F)n4)c(C(F)F)cc3n2)CC1. The maximum Gasteiger partial charge on any atom is 0.433 e. The van der Waals surface area contributed by atoms with Gasteiger partial charge in [-0.25, -0.2) is 18.6 Å². The molecule has 0 bridgehead atoms. The van der Waals surface area contributed by atoms with Gasteiger partial charge in [0.05, 0.1) is 41.0 Å². The van der Waals surface area contributed by atoms with Crippen LogP contribution in [0.3, 0.4) is 0 Å². The van der Waals surface area contributed by atoms with E-state index in [9.17, 15) is 41.1 Å². The molecule has 5 aromatic rings. The number of piperidine rings is 1. The largest absolute Gasteiger partial charge is 0.433 e. The average molecular weight is 851 g/mol. The van der Waals surface area contributed by atoms with Crippen molar-refractivity contribution in [3.8, 4) is 0 Å². The minimum absolute atomic E-state index is 0.0632. The highest BCUT2D eigenvalue weighted by atomic mass is 19.4. The molecule has 18 heteroatoms. The standard InChI is InChI=1S/C43H47F5N8O5/c1-53(15-16-61-29-18-25(19-29)17-26-5-3-7-34-38(26)54(2)42(60)56(34)35-13-14-37(57)51-41(35)59)22-24-9-11-28(12-10-24)55-23-27-20-33(30(39(44)45)21-32(27)52-55)50-40(58)31-6-4-8-36(49-31)43(46,47)48/h3-8,20-21,23-25,28-29,35,39H,9-19,22H2,1-2H3,(H,50,58)(H,51,57,59)/t24-,25-,28-,29-,35?. The molecule has 3 aliphatic rings. The number of imidazole rings is 1. The second-order valence-electron chi connectivity index (χ2n) is 16.7. The number of hydrogen-bond acceptors (Lipinski definition) is 8. The number of hydrogen-bond donors (Lipinski definition) is 2. The van der Waals surface area contributed by atoms with Crippen LogP contribution in [0.5, 0.6) is 0 Å². The van der Waals surface area contributed by atoms with Crippen LogP contribution in [0, 0.1) is 11.8 Å². The minimum atomic E-state index is -4.77. The topological polar surface area (TPSA) is 145 Å². The van der Waals surface area contributed by atoms with Crippen molar-refractivity contribution in [1.82, 2.24) is 34.1 Å². The fraction of sp³-hybridized carbons (Fsp3) is 0.488. The molecule has 1 saturated heterocycles. The second-order valence-corrected chi connectivity index (χ2v) is 16.7. The van der Waals surface area contributed by atoms with Crippen molar-refractivity contribution < 1.29 is 41.1 Å². The number of para-hydroxylation sites is 1. The highest BCUT2D eigenvalue weighted by Gasteiger charge is 2.35. The van der Waals surface area contributed by atoms with Crippen LogP contribution in [0.2, 0.25) is 0 Å². The Bertz CT molecular complexity index is 2520. The fourth-order valence-electron chi connectivity index (χ4n) is 9.19. The van der Waals surface area contributed by atoms with E-state index in [1.807, 2.05) is 18.2 Å². The summed E-state index contributed by atoms with van der Waals surface area (Å²) in [6, 6.07) is 10.6. The molecular weight excluding hydrogens is 804 g/mol. The van der Waals surface area contributed by atoms with Gasteiger partial charge < -0.3 is 15.0 Å². The zero-order chi connectivity index (χ0) is 43.2. The molecule has 1 unspecified atom stereocenters. The molecule has 3 amide bonds. The number of nitrogens with zero attached hydrogens (tertiary/aromatic N) is 6. The molecule has 1 atom stereocenters. The smallest absolute Gasteiger partial charge is 0.377 e. The van der Waals surface area contributed by atoms with E-state index in [1.165, 1.54) is 16.7 Å². The van der Waals surface area contributed by atoms with Crippen LogP contribution in [0.15, 0.2) is 59.5 Å². The molecule has 2 aliphatic carbocycles. The quantitative estimate of drug-likeness (QED) is 0.0955. The number of ether oxygens (including phenoxy) is 1. The Kier molecular flexibility index (Phi) is 11.8. The van der Waals surface area contributed by atoms with E-state index in [0.29, 0.717) is 41.3 Å². The number of nitrogens with one attached hydrogen (secondary N) is 2. The number of carbonyl (C=O) groups excluding carboxylic acids is 3. The van der Waals surface area contributed by atoms with E-state index >= 15 is 0 Å². The second kappa shape index (κ2) is 17.1. The molecule has 0 radical (unpaired) electrons. The van der Waals surface area contributed by atoms with Crippen LogP contribution in [0.1, 0.15) is 97.2 Å². The van der Waals surface area contributed by atoms with E-state index < -0.39 is 47.4 Å². The molecule has 2 aromatic carbocycles. The number of fused-ring (bicyclic) bond motifs is 2. The maximum atomic E-state index is 14.1. The molecule has 0 spiro atoms. The number of halogens is 5. The summed E-state index contributed by atoms with van der Waals surface area (Å²) in [5.74, 6) is -0.924. The van der Waals surface area contributed by atoms with Gasteiger partial charge >= 0.3 is 11.9 Å². The number of aromatic nitrogens is 5. The van der Waals surface area contributed by atoms with Gasteiger partial charge in [0, 0.05) is 43.7 Å². The van der Waals surface area contributed by atoms with Gasteiger partial charge in [0.2, 0.25) is 11.8 Å². The number of carbonyl (C=O) groups is 3. The molecule has 61 heavy (non-hydrogen) atoms. The molecule has 13 nitrogen and oxygen atoms in total. The normalized spacial score (nSPS) is 22.3. The summed E-state index contributed by atoms with van der Waals surface area (Å²) < 4.78 is 78.8. The van der Waals surface area contributed by atoms with Gasteiger partial charge in [-0.3, -0.25) is 33.5 Å². The zero-order valence-electron chi connectivity index (χ0n) is 33.8. The van der Waals surface area contributed by atoms with Crippen LogP contribution >= 0.6 is 0 Å². The summed E-state index contributed by atoms with van der Waals surface area (Å²) in [7, 11) is 3.81. The Morgan fingerprint density at radius 3 is 2.49 bits per heavy atom. The zero-order valence-corrected chi connectivity index (χ0v) is 33.8. The lowest BCUT2D eigenvalue weighted by Crippen LogP contribution is -2.44. The van der Waals surface area contributed by atoms with Gasteiger partial charge in [-0.05, 0) is 106 Å². The van der Waals surface area contributed by atoms with Crippen molar-refractivity contribution in [1.29, 1.82) is 0 Å². The third kappa shape index (κ3) is 8.96. The van der Waals surface area contributed by atoms with Crippen LogP contribution in [0.4, 0.5) is 27.6 Å². The number of rotatable bonds is 13. The predicted octanol–water partition coefficient (Wildman–Crippen LogP) is 6.97. The maximum absolute atomic E-state index is 14.1. The van der Waals surface area contributed by atoms with E-state index in [0.717, 1.165) is 87.3 Å². The van der Waals surface area contributed by atoms with E-state index in [2.05, 4.69) is 32.7 Å². The summed E-state index contributed by atoms with van der Waals surface area (Å²) in [6.45, 7) is 2.31. The van der Waals surface area contributed by atoms with Gasteiger partial charge in [-0.2, -0.15) is 18.3 Å². The van der Waals surface area contributed by atoms with Crippen molar-refractivity contribution in [2.75, 3.05) is 32.1 Å². The highest BCUT2D eigenvalue weighted by Crippen LogP contribution is 2.37. The third-order valence-electron chi connectivity index (χ3n) is 12.4. The molecule has 324 valence electrons. The summed E-state index contributed by atoms with van der Waals surface area (Å²) >= 11 is 0. The molecule has 1 aliphatic heterocycles. The van der Waals surface area contributed by atoms with E-state index in [-0.39, 0.29) is 35.9 Å². The summed E-state index contributed by atoms with van der Waals surface area (Å²) in [6.07, 6.45) is 0.924. The first kappa shape index (κ1) is 42.2. The number of benzene rings is 2. The number of alkyl halides is 5. The minimum Gasteiger partial charge on any atom is -0.377 e. The van der Waals surface area contributed by atoms with E-state index in [1.54, 1.807) is 22.5 Å². The van der Waals surface area contributed by atoms with Crippen molar-refractivity contribution in [3.05, 3.63) is 87.7 Å². The number of imide groups is 1. The first-order valence-electron chi connectivity index (χ1n) is 20.6. The summed E-state index contributed by atoms with van der Waals surface area (Å²) in [5, 5.41) is 9.79. The number of aryl methyl sites for hydroxylation is 1. The molecule has 3 fully saturated rings. The summed E-state index contributed by atoms with van der Waals surface area (Å²) in [4.78, 5) is 56.1. The molecular formula is C43H47F5N8O5. The Morgan fingerprint density at radius 1 is 1.02 bits per heavy atom. The number of pyridine rings is 1. The fourth-order valence-corrected chi connectivity index (χ4v) is 9.19. The third-order valence-corrected chi connectivity index (χ3v) is 12.4. The molecule has 4 heterocycles. The Labute approximate surface area is 347 Å². The van der Waals surface area contributed by atoms with Gasteiger partial charge in [0.15, 0.2) is 0 Å². The first-order chi connectivity index (χ1) is 29.1. The van der Waals surface area contributed by atoms with Gasteiger partial charge in [-0.1, -0.05) is 18.2 Å². The van der Waals surface area contributed by atoms with Crippen LogP contribution in [0.25, 0.3) is 21.9 Å².